The molecule has 4 aromatic heterocycles. The largest absolute Gasteiger partial charge is 0.367 e. The molecule has 0 atom stereocenters. The summed E-state index contributed by atoms with van der Waals surface area (Å²) in [6.45, 7) is 5.69. The Kier molecular flexibility index (Phi) is 13.0. The minimum atomic E-state index is -4.38. The number of anilines is 9. The number of halogens is 3. The van der Waals surface area contributed by atoms with Gasteiger partial charge in [0.25, 0.3) is 5.91 Å². The van der Waals surface area contributed by atoms with Crippen LogP contribution in [0.2, 0.25) is 0 Å². The number of nitrogens with one attached hydrogen (secondary N) is 6. The molecule has 3 amide bonds. The number of carbonyl (C=O) groups is 2. The van der Waals surface area contributed by atoms with E-state index in [4.69, 9.17) is 0 Å². The van der Waals surface area contributed by atoms with Gasteiger partial charge in [0.05, 0.1) is 39.5 Å². The van der Waals surface area contributed by atoms with E-state index in [1.54, 1.807) is 61.3 Å². The number of aromatic nitrogens is 6. The van der Waals surface area contributed by atoms with Crippen molar-refractivity contribution in [3.8, 4) is 11.1 Å². The third-order valence-electron chi connectivity index (χ3n) is 12.6. The van der Waals surface area contributed by atoms with E-state index >= 15 is 8.78 Å². The van der Waals surface area contributed by atoms with Crippen molar-refractivity contribution in [2.75, 3.05) is 65.4 Å². The fraction of sp³-hybridized carbons (Fsp3) is 0.240. The number of rotatable bonds is 3. The van der Waals surface area contributed by atoms with Crippen molar-refractivity contribution in [2.24, 2.45) is 0 Å². The van der Waals surface area contributed by atoms with Crippen LogP contribution in [0.3, 0.4) is 0 Å². The molecule has 368 valence electrons. The highest BCUT2D eigenvalue weighted by molar-refractivity contribution is 7.90. The van der Waals surface area contributed by atoms with Crippen LogP contribution in [0.5, 0.6) is 0 Å². The molecule has 0 spiro atoms. The average molecular weight is 997 g/mol. The number of nitrogens with zero attached hydrogens (tertiary/aromatic N) is 8. The van der Waals surface area contributed by atoms with Crippen LogP contribution in [0.25, 0.3) is 11.1 Å². The van der Waals surface area contributed by atoms with Crippen molar-refractivity contribution in [3.63, 3.8) is 0 Å². The lowest BCUT2D eigenvalue weighted by molar-refractivity contribution is 0.0950. The molecule has 0 saturated carbocycles. The maximum Gasteiger partial charge on any atom is 0.317 e. The zero-order chi connectivity index (χ0) is 50.1. The molecule has 16 bridgehead atoms. The van der Waals surface area contributed by atoms with Gasteiger partial charge in [0.15, 0.2) is 9.84 Å². The van der Waals surface area contributed by atoms with E-state index in [1.165, 1.54) is 48.9 Å². The molecule has 9 heterocycles. The maximum atomic E-state index is 15.4. The van der Waals surface area contributed by atoms with Crippen LogP contribution in [-0.2, 0) is 28.4 Å². The summed E-state index contributed by atoms with van der Waals surface area (Å²) >= 11 is 0. The average Bonchev–Trinajstić information content (AvgIpc) is 3.36. The lowest BCUT2D eigenvalue weighted by atomic mass is 10.0. The molecular weight excluding hydrogens is 950 g/mol. The van der Waals surface area contributed by atoms with Crippen molar-refractivity contribution in [2.45, 2.75) is 43.8 Å². The van der Waals surface area contributed by atoms with Gasteiger partial charge in [0.1, 0.15) is 17.5 Å². The second-order valence-electron chi connectivity index (χ2n) is 17.7. The molecule has 1 fully saturated rings. The molecule has 22 heteroatoms. The van der Waals surface area contributed by atoms with Gasteiger partial charge in [-0.3, -0.25) is 4.79 Å². The number of piperazine rings is 1. The minimum absolute atomic E-state index is 0.0104. The quantitative estimate of drug-likeness (QED) is 0.0931. The number of sulfone groups is 1. The SMILES string of the molecule is Cc1cnc2nc1Nc1cc(F)cc(c1)CCNC(=O)c1ccc(cc1S(=O)(=O)Cc1ccc3cc1CCCNC(=O)N1CCN(CC1)c1cnc(F)c(c1)Nc1ncc(C)c(n1)N3)-c1cnc(F)c(c1)N2. The van der Waals surface area contributed by atoms with Gasteiger partial charge in [0, 0.05) is 85.9 Å². The third-order valence-corrected chi connectivity index (χ3v) is 14.3. The standard InChI is InChI=1S/C50H47F3N14O4S/c1-28-23-59-49-63-41-22-38(26-57-44(41)53)66-12-14-67(15-13-66)50(69)55-10-3-4-31-18-36(60-45(28)64-49)7-5-33(31)27-72(70,71)42-20-32-6-8-39(42)47(68)54-11-9-30-16-35(51)21-37(17-30)61-46-29(2)24-58-48(65-46)62-40-19-34(32)25-56-43(40)52/h5-8,16-26H,3-4,9-15,27H2,1-2H3,(H,54,68)(H,55,69)(H2,58,61,62,65)(H2,59,60,63,64). The molecule has 7 aromatic rings. The molecule has 0 unspecified atom stereocenters. The Morgan fingerprint density at radius 1 is 0.625 bits per heavy atom. The second kappa shape index (κ2) is 19.8. The normalized spacial score (nSPS) is 15.1. The van der Waals surface area contributed by atoms with Gasteiger partial charge in [-0.05, 0) is 110 Å². The molecule has 1 saturated heterocycles. The summed E-state index contributed by atoms with van der Waals surface area (Å²) in [6.07, 6.45) is 6.80. The fourth-order valence-electron chi connectivity index (χ4n) is 8.71. The number of amides is 3. The Bertz CT molecular complexity index is 3390. The van der Waals surface area contributed by atoms with Crippen LogP contribution >= 0.6 is 0 Å². The van der Waals surface area contributed by atoms with E-state index < -0.39 is 39.2 Å². The second-order valence-corrected chi connectivity index (χ2v) is 19.6. The first-order valence-electron chi connectivity index (χ1n) is 23.1. The smallest absolute Gasteiger partial charge is 0.317 e. The first-order chi connectivity index (χ1) is 34.7. The lowest BCUT2D eigenvalue weighted by Crippen LogP contribution is -2.52. The fourth-order valence-corrected chi connectivity index (χ4v) is 10.4. The molecule has 0 aliphatic carbocycles. The Hall–Kier alpha value is -8.40. The van der Waals surface area contributed by atoms with Crippen LogP contribution in [0.4, 0.5) is 69.9 Å². The van der Waals surface area contributed by atoms with E-state index in [1.807, 2.05) is 4.90 Å². The number of hydrogen-bond acceptors (Lipinski definition) is 15. The molecule has 5 aliphatic heterocycles. The molecule has 3 aromatic carbocycles. The van der Waals surface area contributed by atoms with Gasteiger partial charge < -0.3 is 41.7 Å². The van der Waals surface area contributed by atoms with E-state index in [2.05, 4.69) is 61.8 Å². The molecule has 18 nitrogen and oxygen atoms in total. The Labute approximate surface area is 411 Å². The van der Waals surface area contributed by atoms with Crippen LogP contribution < -0.4 is 36.8 Å². The minimum Gasteiger partial charge on any atom is -0.367 e. The van der Waals surface area contributed by atoms with E-state index in [-0.39, 0.29) is 59.3 Å². The van der Waals surface area contributed by atoms with Gasteiger partial charge in [-0.1, -0.05) is 12.1 Å². The number of pyridine rings is 2. The summed E-state index contributed by atoms with van der Waals surface area (Å²) in [4.78, 5) is 56.6. The maximum absolute atomic E-state index is 15.4. The van der Waals surface area contributed by atoms with Crippen LogP contribution in [0.15, 0.2) is 96.4 Å². The van der Waals surface area contributed by atoms with Gasteiger partial charge in [-0.15, -0.1) is 0 Å². The number of aryl methyl sites for hydroxylation is 3. The predicted octanol–water partition coefficient (Wildman–Crippen LogP) is 7.77. The topological polar surface area (TPSA) is 224 Å². The molecule has 6 N–H and O–H groups in total. The lowest BCUT2D eigenvalue weighted by Gasteiger charge is -2.36. The van der Waals surface area contributed by atoms with Crippen molar-refractivity contribution >= 4 is 73.7 Å². The predicted molar refractivity (Wildman–Crippen MR) is 266 cm³/mol. The van der Waals surface area contributed by atoms with Crippen LogP contribution in [0, 0.1) is 31.6 Å². The molecule has 12 rings (SSSR count). The van der Waals surface area contributed by atoms with Crippen molar-refractivity contribution in [1.29, 1.82) is 0 Å². The van der Waals surface area contributed by atoms with Gasteiger partial charge in [0.2, 0.25) is 23.8 Å². The Morgan fingerprint density at radius 2 is 1.31 bits per heavy atom. The summed E-state index contributed by atoms with van der Waals surface area (Å²) in [5.74, 6) is -2.54. The highest BCUT2D eigenvalue weighted by Gasteiger charge is 2.27. The van der Waals surface area contributed by atoms with Crippen LogP contribution in [0.1, 0.15) is 44.6 Å². The van der Waals surface area contributed by atoms with Crippen molar-refractivity contribution in [3.05, 3.63) is 143 Å². The van der Waals surface area contributed by atoms with Gasteiger partial charge in [-0.2, -0.15) is 18.7 Å². The third kappa shape index (κ3) is 10.4. The zero-order valence-corrected chi connectivity index (χ0v) is 39.8. The van der Waals surface area contributed by atoms with Gasteiger partial charge >= 0.3 is 6.03 Å². The summed E-state index contributed by atoms with van der Waals surface area (Å²) < 4.78 is 75.4. The number of urea groups is 1. The number of benzene rings is 3. The van der Waals surface area contributed by atoms with E-state index in [0.29, 0.717) is 107 Å². The number of fused-ring (bicyclic) bond motifs is 11. The van der Waals surface area contributed by atoms with E-state index in [9.17, 15) is 22.4 Å². The molecule has 72 heavy (non-hydrogen) atoms. The first-order valence-corrected chi connectivity index (χ1v) is 24.8. The monoisotopic (exact) mass is 996 g/mol. The summed E-state index contributed by atoms with van der Waals surface area (Å²) in [6, 6.07) is 16.6. The summed E-state index contributed by atoms with van der Waals surface area (Å²) in [5.41, 5.74) is 4.97. The van der Waals surface area contributed by atoms with Crippen molar-refractivity contribution in [1.82, 2.24) is 45.4 Å². The van der Waals surface area contributed by atoms with Gasteiger partial charge in [-0.25, -0.2) is 37.5 Å². The highest BCUT2D eigenvalue weighted by atomic mass is 32.2. The Balaban J connectivity index is 1.00. The zero-order valence-electron chi connectivity index (χ0n) is 39.0. The highest BCUT2D eigenvalue weighted by Crippen LogP contribution is 2.33. The van der Waals surface area contributed by atoms with E-state index in [0.717, 1.165) is 0 Å². The van der Waals surface area contributed by atoms with Crippen molar-refractivity contribution < 1.29 is 31.2 Å². The van der Waals surface area contributed by atoms with Crippen LogP contribution in [-0.4, -0.2) is 94.4 Å². The molecule has 0 radical (unpaired) electrons. The summed E-state index contributed by atoms with van der Waals surface area (Å²) in [7, 11) is -4.38. The molecular formula is C50H47F3N14O4S. The number of carbonyl (C=O) groups excluding carboxylic acids is 2. The summed E-state index contributed by atoms with van der Waals surface area (Å²) in [5, 5.41) is 18.0. The molecule has 5 aliphatic rings. The number of hydrogen-bond donors (Lipinski definition) is 6. The first kappa shape index (κ1) is 47.3. The Morgan fingerprint density at radius 3 is 2.04 bits per heavy atom.